The van der Waals surface area contributed by atoms with Gasteiger partial charge in [0.25, 0.3) is 5.91 Å². The molecule has 0 radical (unpaired) electrons. The van der Waals surface area contributed by atoms with Crippen molar-refractivity contribution in [3.63, 3.8) is 0 Å². The van der Waals surface area contributed by atoms with Crippen molar-refractivity contribution >= 4 is 23.2 Å². The Morgan fingerprint density at radius 1 is 1.35 bits per heavy atom. The van der Waals surface area contributed by atoms with Crippen LogP contribution in [0.1, 0.15) is 46.5 Å². The van der Waals surface area contributed by atoms with Crippen molar-refractivity contribution in [1.82, 2.24) is 4.90 Å². The van der Waals surface area contributed by atoms with Crippen molar-refractivity contribution in [3.8, 4) is 0 Å². The average molecular weight is 337 g/mol. The van der Waals surface area contributed by atoms with Crippen molar-refractivity contribution in [1.29, 1.82) is 0 Å². The number of carbonyl (C=O) groups excluding carboxylic acids is 1. The summed E-state index contributed by atoms with van der Waals surface area (Å²) in [7, 11) is 1.51. The van der Waals surface area contributed by atoms with Crippen LogP contribution in [0, 0.1) is 5.41 Å². The number of carboxylic acids is 1. The van der Waals surface area contributed by atoms with Crippen LogP contribution in [0.2, 0.25) is 0 Å². The summed E-state index contributed by atoms with van der Waals surface area (Å²) in [5.74, 6) is -0.880. The lowest BCUT2D eigenvalue weighted by Crippen LogP contribution is -2.52. The number of piperidine rings is 1. The van der Waals surface area contributed by atoms with E-state index in [1.807, 2.05) is 5.38 Å². The van der Waals surface area contributed by atoms with E-state index in [0.29, 0.717) is 19.4 Å². The molecule has 0 aromatic carbocycles. The Morgan fingerprint density at radius 2 is 2.13 bits per heavy atom. The minimum atomic E-state index is -0.973. The molecule has 1 aliphatic carbocycles. The number of methoxy groups -OCH3 is 1. The molecular weight excluding hydrogens is 314 g/mol. The van der Waals surface area contributed by atoms with Crippen LogP contribution in [0.15, 0.2) is 5.38 Å². The van der Waals surface area contributed by atoms with E-state index in [-0.39, 0.29) is 19.1 Å². The lowest BCUT2D eigenvalue weighted by molar-refractivity contribution is -0.155. The Hall–Kier alpha value is -1.40. The van der Waals surface area contributed by atoms with Gasteiger partial charge in [0.15, 0.2) is 0 Å². The van der Waals surface area contributed by atoms with Crippen LogP contribution < -0.4 is 0 Å². The zero-order chi connectivity index (χ0) is 16.4. The molecule has 5 nitrogen and oxygen atoms in total. The largest absolute Gasteiger partial charge is 0.481 e. The first-order chi connectivity index (χ1) is 11.1. The molecule has 3 rings (SSSR count). The molecule has 2 aliphatic rings. The molecule has 0 saturated carbocycles. The van der Waals surface area contributed by atoms with Crippen LogP contribution in [0.4, 0.5) is 0 Å². The predicted octanol–water partition coefficient (Wildman–Crippen LogP) is 2.58. The van der Waals surface area contributed by atoms with Gasteiger partial charge in [-0.2, -0.15) is 0 Å². The molecule has 0 bridgehead atoms. The number of amides is 1. The molecule has 6 heteroatoms. The molecule has 1 aromatic rings. The van der Waals surface area contributed by atoms with Gasteiger partial charge in [0, 0.05) is 30.5 Å². The highest BCUT2D eigenvalue weighted by Gasteiger charge is 2.44. The first kappa shape index (κ1) is 16.5. The number of aliphatic carboxylic acids is 1. The monoisotopic (exact) mass is 337 g/mol. The third-order valence-corrected chi connectivity index (χ3v) is 6.12. The third-order valence-electron chi connectivity index (χ3n) is 5.03. The lowest BCUT2D eigenvalue weighted by Gasteiger charge is -2.39. The Kier molecular flexibility index (Phi) is 4.73. The Labute approximate surface area is 140 Å². The van der Waals surface area contributed by atoms with Crippen LogP contribution in [0.3, 0.4) is 0 Å². The molecule has 23 heavy (non-hydrogen) atoms. The highest BCUT2D eigenvalue weighted by molar-refractivity contribution is 7.10. The standard InChI is InChI=1S/C17H23NO4S/c1-22-11-17(16(20)21)7-4-8-18(10-17)15(19)13-9-23-14-6-3-2-5-12(13)14/h9H,2-8,10-11H2,1H3,(H,20,21)/t17-/m0/s1. The number of likely N-dealkylation sites (tertiary alicyclic amines) is 1. The number of carboxylic acid groups (broad SMARTS) is 1. The zero-order valence-corrected chi connectivity index (χ0v) is 14.3. The Bertz CT molecular complexity index is 608. The second-order valence-electron chi connectivity index (χ2n) is 6.61. The van der Waals surface area contributed by atoms with E-state index in [4.69, 9.17) is 4.74 Å². The molecule has 1 aliphatic heterocycles. The van der Waals surface area contributed by atoms with Crippen LogP contribution in [0.25, 0.3) is 0 Å². The van der Waals surface area contributed by atoms with Crippen LogP contribution in [-0.4, -0.2) is 48.7 Å². The molecule has 0 spiro atoms. The molecule has 1 aromatic heterocycles. The maximum Gasteiger partial charge on any atom is 0.313 e. The number of hydrogen-bond donors (Lipinski definition) is 1. The number of thiophene rings is 1. The first-order valence-electron chi connectivity index (χ1n) is 8.18. The second-order valence-corrected chi connectivity index (χ2v) is 7.57. The minimum absolute atomic E-state index is 0.00849. The fourth-order valence-electron chi connectivity index (χ4n) is 3.78. The molecule has 1 amide bonds. The Balaban J connectivity index is 1.82. The van der Waals surface area contributed by atoms with E-state index in [1.165, 1.54) is 24.0 Å². The molecular formula is C17H23NO4S. The highest BCUT2D eigenvalue weighted by atomic mass is 32.1. The number of rotatable bonds is 4. The fourth-order valence-corrected chi connectivity index (χ4v) is 4.90. The van der Waals surface area contributed by atoms with E-state index < -0.39 is 11.4 Å². The van der Waals surface area contributed by atoms with E-state index in [2.05, 4.69) is 0 Å². The summed E-state index contributed by atoms with van der Waals surface area (Å²) in [6.45, 7) is 1.01. The fraction of sp³-hybridized carbons (Fsp3) is 0.647. The second kappa shape index (κ2) is 6.61. The van der Waals surface area contributed by atoms with Crippen molar-refractivity contribution in [2.75, 3.05) is 26.8 Å². The molecule has 1 N–H and O–H groups in total. The lowest BCUT2D eigenvalue weighted by atomic mass is 9.80. The Morgan fingerprint density at radius 3 is 2.87 bits per heavy atom. The summed E-state index contributed by atoms with van der Waals surface area (Å²) in [4.78, 5) is 27.7. The zero-order valence-electron chi connectivity index (χ0n) is 13.5. The number of hydrogen-bond acceptors (Lipinski definition) is 4. The summed E-state index contributed by atoms with van der Waals surface area (Å²) in [5.41, 5.74) is 1.02. The van der Waals surface area contributed by atoms with Crippen molar-refractivity contribution < 1.29 is 19.4 Å². The summed E-state index contributed by atoms with van der Waals surface area (Å²) in [5, 5.41) is 11.6. The first-order valence-corrected chi connectivity index (χ1v) is 9.06. The number of fused-ring (bicyclic) bond motifs is 1. The topological polar surface area (TPSA) is 66.8 Å². The maximum absolute atomic E-state index is 12.9. The predicted molar refractivity (Wildman–Crippen MR) is 88.0 cm³/mol. The highest BCUT2D eigenvalue weighted by Crippen LogP contribution is 2.34. The van der Waals surface area contributed by atoms with Gasteiger partial charge in [-0.05, 0) is 44.1 Å². The van der Waals surface area contributed by atoms with Crippen LogP contribution in [0.5, 0.6) is 0 Å². The van der Waals surface area contributed by atoms with Gasteiger partial charge >= 0.3 is 5.97 Å². The molecule has 1 atom stereocenters. The molecule has 0 unspecified atom stereocenters. The van der Waals surface area contributed by atoms with Crippen molar-refractivity contribution in [3.05, 3.63) is 21.4 Å². The van der Waals surface area contributed by atoms with E-state index >= 15 is 0 Å². The van der Waals surface area contributed by atoms with Gasteiger partial charge in [0.05, 0.1) is 12.2 Å². The number of carbonyl (C=O) groups is 2. The van der Waals surface area contributed by atoms with Crippen LogP contribution >= 0.6 is 11.3 Å². The molecule has 126 valence electrons. The summed E-state index contributed by atoms with van der Waals surface area (Å²) >= 11 is 1.67. The maximum atomic E-state index is 12.9. The molecule has 1 saturated heterocycles. The van der Waals surface area contributed by atoms with Crippen molar-refractivity contribution in [2.24, 2.45) is 5.41 Å². The van der Waals surface area contributed by atoms with Crippen LogP contribution in [-0.2, 0) is 22.4 Å². The molecule has 1 fully saturated rings. The molecule has 2 heterocycles. The number of nitrogens with zero attached hydrogens (tertiary/aromatic N) is 1. The summed E-state index contributed by atoms with van der Waals surface area (Å²) in [6, 6.07) is 0. The van der Waals surface area contributed by atoms with E-state index in [1.54, 1.807) is 16.2 Å². The summed E-state index contributed by atoms with van der Waals surface area (Å²) < 4.78 is 5.14. The summed E-state index contributed by atoms with van der Waals surface area (Å²) in [6.07, 6.45) is 5.62. The number of ether oxygens (including phenoxy) is 1. The average Bonchev–Trinajstić information content (AvgIpc) is 2.98. The number of aryl methyl sites for hydroxylation is 1. The normalized spacial score (nSPS) is 24.3. The smallest absolute Gasteiger partial charge is 0.313 e. The van der Waals surface area contributed by atoms with Gasteiger partial charge in [-0.25, -0.2) is 0 Å². The van der Waals surface area contributed by atoms with Gasteiger partial charge < -0.3 is 14.7 Å². The quantitative estimate of drug-likeness (QED) is 0.917. The van der Waals surface area contributed by atoms with Gasteiger partial charge in [-0.3, -0.25) is 9.59 Å². The van der Waals surface area contributed by atoms with Crippen molar-refractivity contribution in [2.45, 2.75) is 38.5 Å². The van der Waals surface area contributed by atoms with Gasteiger partial charge in [-0.1, -0.05) is 0 Å². The van der Waals surface area contributed by atoms with E-state index in [0.717, 1.165) is 24.8 Å². The third kappa shape index (κ3) is 3.02. The minimum Gasteiger partial charge on any atom is -0.481 e. The van der Waals surface area contributed by atoms with E-state index in [9.17, 15) is 14.7 Å². The van der Waals surface area contributed by atoms with Gasteiger partial charge in [-0.15, -0.1) is 11.3 Å². The van der Waals surface area contributed by atoms with Gasteiger partial charge in [0.1, 0.15) is 5.41 Å². The SMILES string of the molecule is COC[C@]1(C(=O)O)CCCN(C(=O)c2csc3c2CCCC3)C1. The van der Waals surface area contributed by atoms with Gasteiger partial charge in [0.2, 0.25) is 0 Å².